The van der Waals surface area contributed by atoms with Crippen molar-refractivity contribution in [2.24, 2.45) is 0 Å². The molecule has 0 saturated carbocycles. The molecular formula is C13H11FN4O3. The minimum atomic E-state index is -0.934. The fraction of sp³-hybridized carbons (Fsp3) is 0.0769. The predicted molar refractivity (Wildman–Crippen MR) is 74.4 cm³/mol. The lowest BCUT2D eigenvalue weighted by molar-refractivity contribution is -0.384. The number of anilines is 2. The normalized spacial score (nSPS) is 10.2. The van der Waals surface area contributed by atoms with Gasteiger partial charge in [0.05, 0.1) is 16.8 Å². The van der Waals surface area contributed by atoms with E-state index in [1.54, 1.807) is 19.2 Å². The molecule has 0 radical (unpaired) electrons. The van der Waals surface area contributed by atoms with Crippen LogP contribution in [0.2, 0.25) is 0 Å². The second-order valence-electron chi connectivity index (χ2n) is 4.32. The summed E-state index contributed by atoms with van der Waals surface area (Å²) in [5.41, 5.74) is 5.04. The number of benzene rings is 1. The van der Waals surface area contributed by atoms with Gasteiger partial charge in [-0.05, 0) is 24.6 Å². The molecule has 0 spiro atoms. The van der Waals surface area contributed by atoms with Crippen molar-refractivity contribution in [1.82, 2.24) is 4.98 Å². The van der Waals surface area contributed by atoms with Crippen LogP contribution in [0.3, 0.4) is 0 Å². The average Bonchev–Trinajstić information content (AvgIpc) is 2.38. The van der Waals surface area contributed by atoms with Gasteiger partial charge in [0.2, 0.25) is 0 Å². The van der Waals surface area contributed by atoms with Crippen LogP contribution in [-0.4, -0.2) is 15.8 Å². The highest BCUT2D eigenvalue weighted by molar-refractivity contribution is 6.09. The number of carbonyl (C=O) groups excluding carboxylic acids is 1. The molecule has 3 N–H and O–H groups in total. The molecule has 1 heterocycles. The molecule has 1 amide bonds. The van der Waals surface area contributed by atoms with Crippen molar-refractivity contribution in [2.75, 3.05) is 11.1 Å². The van der Waals surface area contributed by atoms with Crippen molar-refractivity contribution in [3.63, 3.8) is 0 Å². The zero-order chi connectivity index (χ0) is 15.6. The molecule has 0 saturated heterocycles. The number of nitro groups is 1. The van der Waals surface area contributed by atoms with E-state index in [9.17, 15) is 19.3 Å². The number of nitrogens with two attached hydrogens (primary N) is 1. The second-order valence-corrected chi connectivity index (χ2v) is 4.32. The van der Waals surface area contributed by atoms with Crippen molar-refractivity contribution in [1.29, 1.82) is 0 Å². The van der Waals surface area contributed by atoms with Gasteiger partial charge < -0.3 is 11.1 Å². The van der Waals surface area contributed by atoms with Gasteiger partial charge in [-0.25, -0.2) is 4.39 Å². The highest BCUT2D eigenvalue weighted by Gasteiger charge is 2.23. The number of nitro benzene ring substituents is 1. The van der Waals surface area contributed by atoms with Crippen LogP contribution in [-0.2, 0) is 0 Å². The third kappa shape index (κ3) is 2.94. The maximum absolute atomic E-state index is 13.7. The molecule has 8 heteroatoms. The first-order chi connectivity index (χ1) is 9.90. The number of nitrogen functional groups attached to an aromatic ring is 1. The van der Waals surface area contributed by atoms with E-state index in [1.807, 2.05) is 0 Å². The Bertz CT molecular complexity index is 733. The molecule has 0 fully saturated rings. The molecule has 7 nitrogen and oxygen atoms in total. The van der Waals surface area contributed by atoms with Crippen molar-refractivity contribution in [3.05, 3.63) is 57.7 Å². The summed E-state index contributed by atoms with van der Waals surface area (Å²) in [6.45, 7) is 1.77. The molecule has 1 aromatic carbocycles. The van der Waals surface area contributed by atoms with Crippen molar-refractivity contribution in [3.8, 4) is 0 Å². The summed E-state index contributed by atoms with van der Waals surface area (Å²) in [6.07, 6.45) is 2.95. The van der Waals surface area contributed by atoms with Crippen molar-refractivity contribution >= 4 is 23.0 Å². The van der Waals surface area contributed by atoms with E-state index in [0.717, 1.165) is 17.7 Å². The minimum absolute atomic E-state index is 0.338. The fourth-order valence-corrected chi connectivity index (χ4v) is 1.79. The van der Waals surface area contributed by atoms with Crippen LogP contribution in [0.25, 0.3) is 0 Å². The van der Waals surface area contributed by atoms with E-state index < -0.39 is 33.6 Å². The van der Waals surface area contributed by atoms with E-state index in [2.05, 4.69) is 10.3 Å². The third-order valence-corrected chi connectivity index (χ3v) is 2.73. The number of pyridine rings is 1. The number of amides is 1. The van der Waals surface area contributed by atoms with Gasteiger partial charge in [-0.1, -0.05) is 0 Å². The fourth-order valence-electron chi connectivity index (χ4n) is 1.79. The molecule has 2 aromatic rings. The Morgan fingerprint density at radius 3 is 2.76 bits per heavy atom. The third-order valence-electron chi connectivity index (χ3n) is 2.73. The van der Waals surface area contributed by atoms with Gasteiger partial charge in [0, 0.05) is 12.3 Å². The quantitative estimate of drug-likeness (QED) is 0.511. The SMILES string of the molecule is Cc1cncc(NC(=O)c2c(F)ccc([N+](=O)[O-])c2N)c1. The Morgan fingerprint density at radius 2 is 2.14 bits per heavy atom. The number of hydrogen-bond donors (Lipinski definition) is 2. The summed E-state index contributed by atoms with van der Waals surface area (Å²) in [5, 5.41) is 13.2. The summed E-state index contributed by atoms with van der Waals surface area (Å²) < 4.78 is 13.7. The largest absolute Gasteiger partial charge is 0.392 e. The highest BCUT2D eigenvalue weighted by atomic mass is 19.1. The predicted octanol–water partition coefficient (Wildman–Crippen LogP) is 2.27. The van der Waals surface area contributed by atoms with Gasteiger partial charge in [0.15, 0.2) is 0 Å². The molecule has 0 bridgehead atoms. The molecule has 0 unspecified atom stereocenters. The van der Waals surface area contributed by atoms with Gasteiger partial charge in [0.1, 0.15) is 17.1 Å². The monoisotopic (exact) mass is 290 g/mol. The average molecular weight is 290 g/mol. The topological polar surface area (TPSA) is 111 Å². The summed E-state index contributed by atoms with van der Waals surface area (Å²) >= 11 is 0. The van der Waals surface area contributed by atoms with Crippen molar-refractivity contribution < 1.29 is 14.1 Å². The Balaban J connectivity index is 2.39. The maximum atomic E-state index is 13.7. The van der Waals surface area contributed by atoms with E-state index in [4.69, 9.17) is 5.73 Å². The van der Waals surface area contributed by atoms with Crippen LogP contribution in [0.1, 0.15) is 15.9 Å². The highest BCUT2D eigenvalue weighted by Crippen LogP contribution is 2.28. The number of carbonyl (C=O) groups is 1. The minimum Gasteiger partial charge on any atom is -0.392 e. The number of rotatable bonds is 3. The summed E-state index contributed by atoms with van der Waals surface area (Å²) in [5.74, 6) is -1.81. The van der Waals surface area contributed by atoms with E-state index in [-0.39, 0.29) is 0 Å². The first kappa shape index (κ1) is 14.4. The number of aromatic nitrogens is 1. The molecule has 108 valence electrons. The second kappa shape index (κ2) is 5.53. The van der Waals surface area contributed by atoms with Gasteiger partial charge in [-0.3, -0.25) is 19.9 Å². The molecule has 0 aliphatic carbocycles. The lowest BCUT2D eigenvalue weighted by atomic mass is 10.1. The Morgan fingerprint density at radius 1 is 1.43 bits per heavy atom. The molecule has 0 aliphatic rings. The zero-order valence-electron chi connectivity index (χ0n) is 11.0. The summed E-state index contributed by atoms with van der Waals surface area (Å²) in [4.78, 5) is 25.9. The van der Waals surface area contributed by atoms with Crippen molar-refractivity contribution in [2.45, 2.75) is 6.92 Å². The zero-order valence-corrected chi connectivity index (χ0v) is 11.0. The Labute approximate surface area is 118 Å². The van der Waals surface area contributed by atoms with Gasteiger partial charge in [-0.2, -0.15) is 0 Å². The van der Waals surface area contributed by atoms with E-state index in [1.165, 1.54) is 6.20 Å². The number of nitrogens with one attached hydrogen (secondary N) is 1. The first-order valence-corrected chi connectivity index (χ1v) is 5.85. The summed E-state index contributed by atoms with van der Waals surface area (Å²) in [6, 6.07) is 3.36. The van der Waals surface area contributed by atoms with Crippen LogP contribution >= 0.6 is 0 Å². The van der Waals surface area contributed by atoms with E-state index >= 15 is 0 Å². The summed E-state index contributed by atoms with van der Waals surface area (Å²) in [7, 11) is 0. The number of aryl methyl sites for hydroxylation is 1. The van der Waals surface area contributed by atoms with Gasteiger partial charge in [0.25, 0.3) is 11.6 Å². The standard InChI is InChI=1S/C13H11FN4O3/c1-7-4-8(6-16-5-7)17-13(19)11-9(14)2-3-10(12(11)15)18(20)21/h2-6H,15H2,1H3,(H,17,19). The molecule has 2 rings (SSSR count). The lowest BCUT2D eigenvalue weighted by Gasteiger charge is -2.09. The van der Waals surface area contributed by atoms with Crippen LogP contribution < -0.4 is 11.1 Å². The lowest BCUT2D eigenvalue weighted by Crippen LogP contribution is -2.17. The molecule has 21 heavy (non-hydrogen) atoms. The number of halogens is 1. The Hall–Kier alpha value is -3.03. The number of hydrogen-bond acceptors (Lipinski definition) is 5. The molecule has 1 aromatic heterocycles. The van der Waals surface area contributed by atoms with Gasteiger partial charge >= 0.3 is 0 Å². The number of nitrogens with zero attached hydrogens (tertiary/aromatic N) is 2. The Kier molecular flexibility index (Phi) is 3.79. The first-order valence-electron chi connectivity index (χ1n) is 5.85. The molecular weight excluding hydrogens is 279 g/mol. The smallest absolute Gasteiger partial charge is 0.293 e. The van der Waals surface area contributed by atoms with Gasteiger partial charge in [-0.15, -0.1) is 0 Å². The van der Waals surface area contributed by atoms with Crippen LogP contribution in [0.15, 0.2) is 30.6 Å². The van der Waals surface area contributed by atoms with Crippen LogP contribution in [0.5, 0.6) is 0 Å². The van der Waals surface area contributed by atoms with Crippen LogP contribution in [0, 0.1) is 22.9 Å². The molecule has 0 atom stereocenters. The maximum Gasteiger partial charge on any atom is 0.293 e. The van der Waals surface area contributed by atoms with Crippen LogP contribution in [0.4, 0.5) is 21.5 Å². The van der Waals surface area contributed by atoms with E-state index in [0.29, 0.717) is 5.69 Å². The molecule has 0 aliphatic heterocycles.